The lowest BCUT2D eigenvalue weighted by Gasteiger charge is -2.13. The highest BCUT2D eigenvalue weighted by Crippen LogP contribution is 2.27. The number of aromatic nitrogens is 2. The summed E-state index contributed by atoms with van der Waals surface area (Å²) in [6.45, 7) is 1.88. The molecule has 0 saturated heterocycles. The summed E-state index contributed by atoms with van der Waals surface area (Å²) in [4.78, 5) is 0. The first-order valence-electron chi connectivity index (χ1n) is 2.48. The average Bonchev–Trinajstić information content (AvgIpc) is 2.08. The molecule has 0 N–H and O–H groups in total. The maximum Gasteiger partial charge on any atom is 0.183 e. The van der Waals surface area contributed by atoms with Gasteiger partial charge in [0.2, 0.25) is 0 Å². The highest BCUT2D eigenvalue weighted by Gasteiger charge is 2.16. The fraction of sp³-hybridized carbons (Fsp3) is 0.400. The number of hydrogen-bond donors (Lipinski definition) is 0. The van der Waals surface area contributed by atoms with Crippen LogP contribution in [0.4, 0.5) is 0 Å². The fourth-order valence-corrected chi connectivity index (χ4v) is 0.886. The van der Waals surface area contributed by atoms with Gasteiger partial charge in [-0.05, 0) is 35.6 Å². The minimum Gasteiger partial charge on any atom is -0.242 e. The lowest BCUT2D eigenvalue weighted by Crippen LogP contribution is -2.14. The molecule has 0 aliphatic heterocycles. The van der Waals surface area contributed by atoms with E-state index in [4.69, 9.17) is 11.6 Å². The Bertz CT molecular complexity index is 180. The van der Waals surface area contributed by atoms with Crippen LogP contribution in [0, 0.1) is 0 Å². The molecule has 0 aromatic carbocycles. The second-order valence-electron chi connectivity index (χ2n) is 1.79. The van der Waals surface area contributed by atoms with Crippen molar-refractivity contribution in [2.75, 3.05) is 0 Å². The summed E-state index contributed by atoms with van der Waals surface area (Å²) in [7, 11) is 0. The van der Waals surface area contributed by atoms with E-state index in [-0.39, 0.29) is 12.4 Å². The van der Waals surface area contributed by atoms with Gasteiger partial charge in [-0.15, -0.1) is 12.4 Å². The van der Waals surface area contributed by atoms with Crippen molar-refractivity contribution in [3.8, 4) is 0 Å². The van der Waals surface area contributed by atoms with Crippen LogP contribution in [0.25, 0.3) is 0 Å². The van der Waals surface area contributed by atoms with Crippen LogP contribution in [-0.2, 0) is 3.00 Å². The molecule has 58 valence electrons. The summed E-state index contributed by atoms with van der Waals surface area (Å²) in [6.07, 6.45) is 3.54. The van der Waals surface area contributed by atoms with Crippen LogP contribution < -0.4 is 0 Å². The molecule has 5 heteroatoms. The van der Waals surface area contributed by atoms with Crippen molar-refractivity contribution < 1.29 is 0 Å². The minimum atomic E-state index is -0.429. The quantitative estimate of drug-likeness (QED) is 0.575. The van der Waals surface area contributed by atoms with E-state index in [1.54, 1.807) is 10.9 Å². The maximum atomic E-state index is 5.89. The van der Waals surface area contributed by atoms with Gasteiger partial charge in [-0.2, -0.15) is 5.10 Å². The van der Waals surface area contributed by atoms with E-state index in [2.05, 4.69) is 27.7 Å². The Hall–Kier alpha value is 0.520. The van der Waals surface area contributed by atoms with Crippen molar-refractivity contribution in [1.82, 2.24) is 9.78 Å². The van der Waals surface area contributed by atoms with Gasteiger partial charge >= 0.3 is 0 Å². The van der Waals surface area contributed by atoms with Crippen molar-refractivity contribution in [2.24, 2.45) is 0 Å². The molecule has 1 aromatic heterocycles. The van der Waals surface area contributed by atoms with Crippen LogP contribution >= 0.6 is 46.6 Å². The standard InChI is InChI=1S/C5H6ClIN2.ClH/c1-5(6,7)9-4-2-3-8-9;/h2-4H,1H3;1H. The smallest absolute Gasteiger partial charge is 0.183 e. The average molecular weight is 293 g/mol. The first-order chi connectivity index (χ1) is 4.11. The molecule has 0 aliphatic carbocycles. The number of nitrogens with zero attached hydrogens (tertiary/aromatic N) is 2. The number of rotatable bonds is 1. The molecule has 0 radical (unpaired) electrons. The van der Waals surface area contributed by atoms with Crippen molar-refractivity contribution >= 4 is 46.6 Å². The molecule has 0 spiro atoms. The van der Waals surface area contributed by atoms with Crippen LogP contribution in [0.5, 0.6) is 0 Å². The Morgan fingerprint density at radius 2 is 2.30 bits per heavy atom. The molecular formula is C5H7Cl2IN2. The third kappa shape index (κ3) is 2.64. The zero-order chi connectivity index (χ0) is 6.91. The summed E-state index contributed by atoms with van der Waals surface area (Å²) < 4.78 is 1.26. The van der Waals surface area contributed by atoms with Gasteiger partial charge in [0, 0.05) is 12.4 Å². The van der Waals surface area contributed by atoms with E-state index >= 15 is 0 Å². The zero-order valence-corrected chi connectivity index (χ0v) is 9.02. The molecule has 2 nitrogen and oxygen atoms in total. The molecule has 1 aromatic rings. The Kier molecular flexibility index (Phi) is 3.98. The van der Waals surface area contributed by atoms with Gasteiger partial charge in [-0.3, -0.25) is 0 Å². The predicted molar refractivity (Wildman–Crippen MR) is 53.0 cm³/mol. The molecule has 0 aliphatic rings. The van der Waals surface area contributed by atoms with Gasteiger partial charge in [0.1, 0.15) is 0 Å². The zero-order valence-electron chi connectivity index (χ0n) is 5.29. The molecule has 1 unspecified atom stereocenters. The first kappa shape index (κ1) is 10.5. The van der Waals surface area contributed by atoms with Crippen LogP contribution in [-0.4, -0.2) is 9.78 Å². The van der Waals surface area contributed by atoms with Gasteiger partial charge in [-0.1, -0.05) is 11.6 Å². The van der Waals surface area contributed by atoms with Crippen molar-refractivity contribution in [2.45, 2.75) is 9.93 Å². The molecular weight excluding hydrogens is 286 g/mol. The van der Waals surface area contributed by atoms with Crippen molar-refractivity contribution in [3.05, 3.63) is 18.5 Å². The SMILES string of the molecule is CC(Cl)(I)n1cccn1.Cl. The normalized spacial score (nSPS) is 15.5. The van der Waals surface area contributed by atoms with Crippen LogP contribution in [0.2, 0.25) is 0 Å². The lowest BCUT2D eigenvalue weighted by atomic mass is 10.7. The number of halogens is 3. The third-order valence-corrected chi connectivity index (χ3v) is 1.57. The monoisotopic (exact) mass is 292 g/mol. The minimum absolute atomic E-state index is 0. The number of alkyl halides is 2. The number of hydrogen-bond acceptors (Lipinski definition) is 1. The molecule has 0 fully saturated rings. The van der Waals surface area contributed by atoms with Gasteiger partial charge in [0.25, 0.3) is 0 Å². The Morgan fingerprint density at radius 1 is 1.70 bits per heavy atom. The van der Waals surface area contributed by atoms with E-state index in [1.165, 1.54) is 0 Å². The van der Waals surface area contributed by atoms with E-state index in [0.717, 1.165) is 0 Å². The molecule has 1 atom stereocenters. The topological polar surface area (TPSA) is 17.8 Å². The lowest BCUT2D eigenvalue weighted by molar-refractivity contribution is 0.610. The van der Waals surface area contributed by atoms with Gasteiger partial charge in [0.15, 0.2) is 3.00 Å². The highest BCUT2D eigenvalue weighted by molar-refractivity contribution is 14.1. The molecule has 0 saturated carbocycles. The molecule has 1 heterocycles. The van der Waals surface area contributed by atoms with E-state index in [0.29, 0.717) is 0 Å². The fourth-order valence-electron chi connectivity index (χ4n) is 0.501. The maximum absolute atomic E-state index is 5.89. The molecule has 0 amide bonds. The predicted octanol–water partition coefficient (Wildman–Crippen LogP) is 2.61. The van der Waals surface area contributed by atoms with E-state index in [9.17, 15) is 0 Å². The summed E-state index contributed by atoms with van der Waals surface area (Å²) >= 11 is 7.99. The Labute approximate surface area is 84.5 Å². The third-order valence-electron chi connectivity index (χ3n) is 0.907. The Morgan fingerprint density at radius 3 is 2.50 bits per heavy atom. The molecule has 10 heavy (non-hydrogen) atoms. The summed E-state index contributed by atoms with van der Waals surface area (Å²) in [5.74, 6) is 0. The first-order valence-corrected chi connectivity index (χ1v) is 3.94. The van der Waals surface area contributed by atoms with Gasteiger partial charge in [0.05, 0.1) is 0 Å². The van der Waals surface area contributed by atoms with Crippen LogP contribution in [0.1, 0.15) is 6.92 Å². The summed E-state index contributed by atoms with van der Waals surface area (Å²) in [5, 5.41) is 3.96. The Balaban J connectivity index is 0.000000810. The van der Waals surface area contributed by atoms with Crippen LogP contribution in [0.3, 0.4) is 0 Å². The largest absolute Gasteiger partial charge is 0.242 e. The van der Waals surface area contributed by atoms with E-state index < -0.39 is 3.00 Å². The van der Waals surface area contributed by atoms with E-state index in [1.807, 2.05) is 19.2 Å². The summed E-state index contributed by atoms with van der Waals surface area (Å²) in [5.41, 5.74) is 0. The highest BCUT2D eigenvalue weighted by atomic mass is 127. The van der Waals surface area contributed by atoms with Crippen LogP contribution in [0.15, 0.2) is 18.5 Å². The van der Waals surface area contributed by atoms with Gasteiger partial charge < -0.3 is 0 Å². The van der Waals surface area contributed by atoms with Gasteiger partial charge in [-0.25, -0.2) is 4.68 Å². The molecule has 1 rings (SSSR count). The van der Waals surface area contributed by atoms with Crippen molar-refractivity contribution in [1.29, 1.82) is 0 Å². The second kappa shape index (κ2) is 3.78. The summed E-state index contributed by atoms with van der Waals surface area (Å²) in [6, 6.07) is 1.85. The molecule has 0 bridgehead atoms. The second-order valence-corrected chi connectivity index (χ2v) is 5.27. The van der Waals surface area contributed by atoms with Crippen molar-refractivity contribution in [3.63, 3.8) is 0 Å².